The number of thiophene rings is 1. The van der Waals surface area contributed by atoms with Gasteiger partial charge in [0, 0.05) is 19.4 Å². The first kappa shape index (κ1) is 20.1. The van der Waals surface area contributed by atoms with E-state index in [9.17, 15) is 4.79 Å². The van der Waals surface area contributed by atoms with Crippen LogP contribution in [0, 0.1) is 22.7 Å². The fourth-order valence-electron chi connectivity index (χ4n) is 6.23. The molecular formula is C24H36N2OS. The third-order valence-electron chi connectivity index (χ3n) is 8.64. The van der Waals surface area contributed by atoms with Crippen molar-refractivity contribution < 1.29 is 4.79 Å². The van der Waals surface area contributed by atoms with Gasteiger partial charge in [-0.15, -0.1) is 0 Å². The highest BCUT2D eigenvalue weighted by Gasteiger charge is 2.61. The molecule has 0 amide bonds. The molecule has 1 aromatic rings. The molecule has 2 bridgehead atoms. The Bertz CT molecular complexity index is 738. The molecule has 1 aromatic heterocycles. The number of fused-ring (bicyclic) bond motifs is 2. The number of hydrogen-bond acceptors (Lipinski definition) is 4. The number of hydrazone groups is 1. The van der Waals surface area contributed by atoms with E-state index in [-0.39, 0.29) is 6.04 Å². The molecule has 0 saturated heterocycles. The molecule has 0 N–H and O–H groups in total. The Morgan fingerprint density at radius 1 is 1.32 bits per heavy atom. The fourth-order valence-corrected chi connectivity index (χ4v) is 6.93. The Morgan fingerprint density at radius 3 is 2.75 bits per heavy atom. The van der Waals surface area contributed by atoms with E-state index in [1.165, 1.54) is 37.7 Å². The van der Waals surface area contributed by atoms with Crippen LogP contribution in [0.1, 0.15) is 90.7 Å². The van der Waals surface area contributed by atoms with Crippen LogP contribution in [0.5, 0.6) is 0 Å². The van der Waals surface area contributed by atoms with Crippen LogP contribution < -0.4 is 0 Å². The van der Waals surface area contributed by atoms with Crippen molar-refractivity contribution in [3.63, 3.8) is 0 Å². The van der Waals surface area contributed by atoms with Crippen molar-refractivity contribution in [3.8, 4) is 0 Å². The van der Waals surface area contributed by atoms with E-state index < -0.39 is 0 Å². The minimum absolute atomic E-state index is 0.258. The predicted molar refractivity (Wildman–Crippen MR) is 118 cm³/mol. The summed E-state index contributed by atoms with van der Waals surface area (Å²) in [5.74, 6) is 1.64. The SMILES string of the molecule is CCCCCN1N=C(C(=O)C[C@H]2C[C@@H]3CC[C@]2(C)C3(C)C)CC1c1ccsc1. The maximum atomic E-state index is 13.3. The molecule has 0 radical (unpaired) electrons. The van der Waals surface area contributed by atoms with Crippen LogP contribution in [0.2, 0.25) is 0 Å². The van der Waals surface area contributed by atoms with Gasteiger partial charge in [-0.25, -0.2) is 0 Å². The van der Waals surface area contributed by atoms with Gasteiger partial charge in [-0.1, -0.05) is 40.5 Å². The lowest BCUT2D eigenvalue weighted by Crippen LogP contribution is -2.34. The minimum Gasteiger partial charge on any atom is -0.293 e. The summed E-state index contributed by atoms with van der Waals surface area (Å²) in [4.78, 5) is 13.3. The molecule has 4 heteroatoms. The van der Waals surface area contributed by atoms with Crippen molar-refractivity contribution in [1.29, 1.82) is 0 Å². The van der Waals surface area contributed by atoms with Gasteiger partial charge in [0.05, 0.1) is 6.04 Å². The van der Waals surface area contributed by atoms with Crippen molar-refractivity contribution in [2.75, 3.05) is 6.54 Å². The molecule has 28 heavy (non-hydrogen) atoms. The number of ketones is 1. The van der Waals surface area contributed by atoms with Crippen LogP contribution in [0.4, 0.5) is 0 Å². The highest BCUT2D eigenvalue weighted by molar-refractivity contribution is 7.08. The van der Waals surface area contributed by atoms with Crippen molar-refractivity contribution in [2.45, 2.75) is 85.1 Å². The monoisotopic (exact) mass is 400 g/mol. The molecule has 1 aliphatic heterocycles. The normalized spacial score (nSPS) is 33.5. The molecular weight excluding hydrogens is 364 g/mol. The summed E-state index contributed by atoms with van der Waals surface area (Å²) in [5, 5.41) is 11.4. The lowest BCUT2D eigenvalue weighted by Gasteiger charge is -2.39. The largest absolute Gasteiger partial charge is 0.293 e. The summed E-state index contributed by atoms with van der Waals surface area (Å²) in [7, 11) is 0. The van der Waals surface area contributed by atoms with Gasteiger partial charge in [-0.2, -0.15) is 16.4 Å². The van der Waals surface area contributed by atoms with E-state index >= 15 is 0 Å². The van der Waals surface area contributed by atoms with E-state index in [4.69, 9.17) is 5.10 Å². The van der Waals surface area contributed by atoms with E-state index in [2.05, 4.69) is 49.5 Å². The molecule has 3 aliphatic rings. The van der Waals surface area contributed by atoms with Gasteiger partial charge in [0.15, 0.2) is 5.78 Å². The zero-order valence-electron chi connectivity index (χ0n) is 18.0. The van der Waals surface area contributed by atoms with Crippen LogP contribution in [0.15, 0.2) is 21.9 Å². The van der Waals surface area contributed by atoms with E-state index in [1.807, 2.05) is 0 Å². The van der Waals surface area contributed by atoms with Crippen molar-refractivity contribution >= 4 is 22.8 Å². The lowest BCUT2D eigenvalue weighted by atomic mass is 9.65. The van der Waals surface area contributed by atoms with Gasteiger partial charge in [0.2, 0.25) is 0 Å². The summed E-state index contributed by atoms with van der Waals surface area (Å²) >= 11 is 1.74. The first-order chi connectivity index (χ1) is 13.4. The van der Waals surface area contributed by atoms with Crippen LogP contribution in [0.3, 0.4) is 0 Å². The molecule has 1 unspecified atom stereocenters. The van der Waals surface area contributed by atoms with Crippen LogP contribution in [0.25, 0.3) is 0 Å². The molecule has 0 spiro atoms. The number of carbonyl (C=O) groups is 1. The summed E-state index contributed by atoms with van der Waals surface area (Å²) in [6.07, 6.45) is 8.95. The van der Waals surface area contributed by atoms with Crippen molar-refractivity contribution in [1.82, 2.24) is 5.01 Å². The standard InChI is InChI=1S/C24H36N2OS/c1-5-6-7-11-26-21(17-9-12-28-16-17)15-20(25-26)22(27)14-19-13-18-8-10-24(19,4)23(18,2)3/h9,12,16,18-19,21H,5-8,10-11,13-15H2,1-4H3/t18-,19+,21?,24-/m0/s1. The van der Waals surface area contributed by atoms with Gasteiger partial charge in [0.1, 0.15) is 5.71 Å². The van der Waals surface area contributed by atoms with Gasteiger partial charge >= 0.3 is 0 Å². The molecule has 0 aromatic carbocycles. The van der Waals surface area contributed by atoms with Gasteiger partial charge in [-0.3, -0.25) is 9.80 Å². The van der Waals surface area contributed by atoms with E-state index in [1.54, 1.807) is 11.3 Å². The number of nitrogens with zero attached hydrogens (tertiary/aromatic N) is 2. The first-order valence-corrected chi connectivity index (χ1v) is 12.2. The Kier molecular flexibility index (Phi) is 5.45. The lowest BCUT2D eigenvalue weighted by molar-refractivity contribution is -0.115. The molecule has 4 rings (SSSR count). The predicted octanol–water partition coefficient (Wildman–Crippen LogP) is 6.46. The number of carbonyl (C=O) groups excluding carboxylic acids is 1. The van der Waals surface area contributed by atoms with Gasteiger partial charge in [0.25, 0.3) is 0 Å². The van der Waals surface area contributed by atoms with E-state index in [0.29, 0.717) is 29.0 Å². The second kappa shape index (κ2) is 7.59. The zero-order chi connectivity index (χ0) is 19.9. The molecule has 3 nitrogen and oxygen atoms in total. The van der Waals surface area contributed by atoms with Gasteiger partial charge in [-0.05, 0) is 70.7 Å². The second-order valence-electron chi connectivity index (χ2n) is 10.1. The minimum atomic E-state index is 0.258. The van der Waals surface area contributed by atoms with Crippen LogP contribution in [-0.4, -0.2) is 23.0 Å². The maximum Gasteiger partial charge on any atom is 0.179 e. The van der Waals surface area contributed by atoms with Crippen molar-refractivity contribution in [2.24, 2.45) is 27.8 Å². The first-order valence-electron chi connectivity index (χ1n) is 11.3. The fraction of sp³-hybridized carbons (Fsp3) is 0.750. The molecule has 154 valence electrons. The molecule has 4 atom stereocenters. The molecule has 2 aliphatic carbocycles. The Hall–Kier alpha value is -1.16. The molecule has 2 heterocycles. The van der Waals surface area contributed by atoms with E-state index in [0.717, 1.165) is 31.0 Å². The Morgan fingerprint density at radius 2 is 2.14 bits per heavy atom. The number of rotatable bonds is 8. The zero-order valence-corrected chi connectivity index (χ0v) is 18.9. The van der Waals surface area contributed by atoms with Crippen LogP contribution >= 0.6 is 11.3 Å². The molecule has 2 fully saturated rings. The summed E-state index contributed by atoms with van der Waals surface area (Å²) < 4.78 is 0. The Labute approximate surface area is 174 Å². The third-order valence-corrected chi connectivity index (χ3v) is 9.34. The highest BCUT2D eigenvalue weighted by Crippen LogP contribution is 2.68. The summed E-state index contributed by atoms with van der Waals surface area (Å²) in [6, 6.07) is 2.46. The number of unbranched alkanes of at least 4 members (excludes halogenated alkanes) is 2. The second-order valence-corrected chi connectivity index (χ2v) is 10.9. The van der Waals surface area contributed by atoms with Crippen LogP contribution in [-0.2, 0) is 4.79 Å². The van der Waals surface area contributed by atoms with Crippen molar-refractivity contribution in [3.05, 3.63) is 22.4 Å². The molecule has 2 saturated carbocycles. The summed E-state index contributed by atoms with van der Waals surface area (Å²) in [5.41, 5.74) is 2.85. The quantitative estimate of drug-likeness (QED) is 0.469. The maximum absolute atomic E-state index is 13.3. The average molecular weight is 401 g/mol. The highest BCUT2D eigenvalue weighted by atomic mass is 32.1. The Balaban J connectivity index is 1.46. The topological polar surface area (TPSA) is 32.7 Å². The number of hydrogen-bond donors (Lipinski definition) is 0. The third kappa shape index (κ3) is 3.26. The smallest absolute Gasteiger partial charge is 0.179 e. The van der Waals surface area contributed by atoms with Gasteiger partial charge < -0.3 is 0 Å². The number of Topliss-reactive ketones (excluding diaryl/α,β-unsaturated/α-hetero) is 1. The summed E-state index contributed by atoms with van der Waals surface area (Å²) in [6.45, 7) is 10.5. The average Bonchev–Trinajstić information content (AvgIpc) is 3.39.